The van der Waals surface area contributed by atoms with E-state index in [4.69, 9.17) is 0 Å². The molecular weight excluding hydrogens is 322 g/mol. The van der Waals surface area contributed by atoms with Crippen molar-refractivity contribution in [3.8, 4) is 0 Å². The van der Waals surface area contributed by atoms with Crippen molar-refractivity contribution in [2.24, 2.45) is 0 Å². The fourth-order valence-corrected chi connectivity index (χ4v) is 2.64. The molecule has 0 spiro atoms. The highest BCUT2D eigenvalue weighted by atomic mass is 79.9. The molecule has 0 saturated carbocycles. The molecule has 19 heavy (non-hydrogen) atoms. The molecule has 0 aliphatic carbocycles. The summed E-state index contributed by atoms with van der Waals surface area (Å²) in [5, 5.41) is 0. The Balaban J connectivity index is -0.00000128. The van der Waals surface area contributed by atoms with Crippen molar-refractivity contribution >= 4 is 29.4 Å². The number of quaternary nitrogens is 1. The maximum Gasteiger partial charge on any atom is 0.0786 e. The van der Waals surface area contributed by atoms with Gasteiger partial charge in [0.2, 0.25) is 0 Å². The molecule has 0 aromatic carbocycles. The van der Waals surface area contributed by atoms with E-state index in [2.05, 4.69) is 27.7 Å². The predicted molar refractivity (Wildman–Crippen MR) is 96.9 cm³/mol. The number of rotatable bonds is 12. The van der Waals surface area contributed by atoms with Gasteiger partial charge in [0.15, 0.2) is 0 Å². The summed E-state index contributed by atoms with van der Waals surface area (Å²) in [6.07, 6.45) is 11.1. The standard InChI is InChI=1S/C16H36N.BrH.ClH/c1-5-9-13-17(14-10-6-2,15-11-7-3)16-12-8-4;;/h5-16H2,1-4H3;2*1H/q+1;;. The molecule has 120 valence electrons. The van der Waals surface area contributed by atoms with Gasteiger partial charge in [-0.3, -0.25) is 0 Å². The Bertz CT molecular complexity index is 127. The zero-order valence-electron chi connectivity index (χ0n) is 13.7. The van der Waals surface area contributed by atoms with Gasteiger partial charge >= 0.3 is 0 Å². The summed E-state index contributed by atoms with van der Waals surface area (Å²) in [4.78, 5) is 0. The Morgan fingerprint density at radius 2 is 0.737 bits per heavy atom. The Kier molecular flexibility index (Phi) is 21.8. The van der Waals surface area contributed by atoms with Crippen LogP contribution in [-0.4, -0.2) is 30.7 Å². The molecule has 1 nitrogen and oxygen atoms in total. The monoisotopic (exact) mass is 358 g/mol. The van der Waals surface area contributed by atoms with Crippen LogP contribution in [0.1, 0.15) is 79.1 Å². The first kappa shape index (κ1) is 24.7. The number of hydrogen-bond acceptors (Lipinski definition) is 0. The predicted octanol–water partition coefficient (Wildman–Crippen LogP) is 6.00. The van der Waals surface area contributed by atoms with Crippen LogP contribution < -0.4 is 0 Å². The highest BCUT2D eigenvalue weighted by Crippen LogP contribution is 2.16. The van der Waals surface area contributed by atoms with Crippen LogP contribution in [0.25, 0.3) is 0 Å². The van der Waals surface area contributed by atoms with Crippen molar-refractivity contribution in [3.05, 3.63) is 0 Å². The van der Waals surface area contributed by atoms with E-state index < -0.39 is 0 Å². The molecule has 0 unspecified atom stereocenters. The number of hydrogen-bond donors (Lipinski definition) is 0. The Hall–Kier alpha value is 0.730. The Morgan fingerprint density at radius 3 is 0.895 bits per heavy atom. The number of halogens is 2. The van der Waals surface area contributed by atoms with Gasteiger partial charge in [-0.2, -0.15) is 0 Å². The average Bonchev–Trinajstić information content (AvgIpc) is 2.37. The third-order valence-corrected chi connectivity index (χ3v) is 3.94. The lowest BCUT2D eigenvalue weighted by molar-refractivity contribution is -0.929. The highest BCUT2D eigenvalue weighted by Gasteiger charge is 2.24. The fourth-order valence-electron chi connectivity index (χ4n) is 2.64. The van der Waals surface area contributed by atoms with Crippen LogP contribution in [0, 0.1) is 0 Å². The van der Waals surface area contributed by atoms with Gasteiger partial charge in [0.1, 0.15) is 0 Å². The summed E-state index contributed by atoms with van der Waals surface area (Å²) < 4.78 is 1.42. The topological polar surface area (TPSA) is 0 Å². The van der Waals surface area contributed by atoms with Gasteiger partial charge in [0.05, 0.1) is 26.2 Å². The van der Waals surface area contributed by atoms with E-state index >= 15 is 0 Å². The molecule has 0 aliphatic rings. The van der Waals surface area contributed by atoms with Gasteiger partial charge in [0.25, 0.3) is 0 Å². The van der Waals surface area contributed by atoms with E-state index in [-0.39, 0.29) is 29.4 Å². The molecular formula is C16H38BrClN+. The van der Waals surface area contributed by atoms with E-state index in [0.717, 1.165) is 0 Å². The minimum Gasteiger partial charge on any atom is -0.324 e. The van der Waals surface area contributed by atoms with Crippen LogP contribution in [0.3, 0.4) is 0 Å². The van der Waals surface area contributed by atoms with Gasteiger partial charge in [0, 0.05) is 0 Å². The molecule has 0 fully saturated rings. The van der Waals surface area contributed by atoms with Gasteiger partial charge < -0.3 is 4.48 Å². The van der Waals surface area contributed by atoms with Crippen LogP contribution in [0.15, 0.2) is 0 Å². The van der Waals surface area contributed by atoms with Crippen molar-refractivity contribution in [3.63, 3.8) is 0 Å². The molecule has 3 heteroatoms. The second-order valence-electron chi connectivity index (χ2n) is 5.65. The fraction of sp³-hybridized carbons (Fsp3) is 1.00. The zero-order valence-corrected chi connectivity index (χ0v) is 16.3. The van der Waals surface area contributed by atoms with Crippen LogP contribution in [-0.2, 0) is 0 Å². The van der Waals surface area contributed by atoms with E-state index in [1.807, 2.05) is 0 Å². The van der Waals surface area contributed by atoms with Gasteiger partial charge in [-0.05, 0) is 25.7 Å². The Morgan fingerprint density at radius 1 is 0.526 bits per heavy atom. The third kappa shape index (κ3) is 12.2. The first-order valence-electron chi connectivity index (χ1n) is 8.09. The number of unbranched alkanes of at least 4 members (excludes halogenated alkanes) is 4. The first-order chi connectivity index (χ1) is 8.24. The van der Waals surface area contributed by atoms with Crippen molar-refractivity contribution in [1.29, 1.82) is 0 Å². The van der Waals surface area contributed by atoms with Crippen molar-refractivity contribution in [1.82, 2.24) is 0 Å². The third-order valence-electron chi connectivity index (χ3n) is 3.94. The second-order valence-corrected chi connectivity index (χ2v) is 5.65. The molecule has 0 bridgehead atoms. The van der Waals surface area contributed by atoms with Crippen molar-refractivity contribution in [2.45, 2.75) is 79.1 Å². The van der Waals surface area contributed by atoms with E-state index in [9.17, 15) is 0 Å². The molecule has 0 aliphatic heterocycles. The highest BCUT2D eigenvalue weighted by molar-refractivity contribution is 8.93. The van der Waals surface area contributed by atoms with Crippen molar-refractivity contribution in [2.75, 3.05) is 26.2 Å². The SMILES string of the molecule is Br.CCCC[N+](CCCC)(CCCC)CCCC.Cl. The maximum absolute atomic E-state index is 2.33. The number of nitrogens with zero attached hydrogens (tertiary/aromatic N) is 1. The van der Waals surface area contributed by atoms with Crippen molar-refractivity contribution < 1.29 is 4.48 Å². The summed E-state index contributed by atoms with van der Waals surface area (Å²) in [5.74, 6) is 0. The second kappa shape index (κ2) is 16.8. The van der Waals surface area contributed by atoms with Crippen LogP contribution in [0.5, 0.6) is 0 Å². The first-order valence-corrected chi connectivity index (χ1v) is 8.09. The Labute approximate surface area is 139 Å². The zero-order chi connectivity index (χ0) is 13.0. The lowest BCUT2D eigenvalue weighted by Crippen LogP contribution is -2.50. The molecule has 0 N–H and O–H groups in total. The molecule has 0 saturated heterocycles. The summed E-state index contributed by atoms with van der Waals surface area (Å²) >= 11 is 0. The molecule has 0 heterocycles. The molecule has 0 atom stereocenters. The quantitative estimate of drug-likeness (QED) is 0.375. The van der Waals surface area contributed by atoms with E-state index in [0.29, 0.717) is 0 Å². The normalized spacial score (nSPS) is 10.7. The molecule has 0 amide bonds. The lowest BCUT2D eigenvalue weighted by atomic mass is 10.1. The van der Waals surface area contributed by atoms with Gasteiger partial charge in [-0.1, -0.05) is 53.4 Å². The van der Waals surface area contributed by atoms with E-state index in [1.54, 1.807) is 0 Å². The van der Waals surface area contributed by atoms with Crippen LogP contribution >= 0.6 is 29.4 Å². The van der Waals surface area contributed by atoms with Crippen LogP contribution in [0.2, 0.25) is 0 Å². The summed E-state index contributed by atoms with van der Waals surface area (Å²) in [6.45, 7) is 15.0. The largest absolute Gasteiger partial charge is 0.324 e. The maximum atomic E-state index is 2.33. The minimum atomic E-state index is 0. The van der Waals surface area contributed by atoms with E-state index in [1.165, 1.54) is 82.0 Å². The summed E-state index contributed by atoms with van der Waals surface area (Å²) in [6, 6.07) is 0. The van der Waals surface area contributed by atoms with Crippen LogP contribution in [0.4, 0.5) is 0 Å². The average molecular weight is 360 g/mol. The minimum absolute atomic E-state index is 0. The smallest absolute Gasteiger partial charge is 0.0786 e. The van der Waals surface area contributed by atoms with Gasteiger partial charge in [-0.25, -0.2) is 0 Å². The summed E-state index contributed by atoms with van der Waals surface area (Å²) in [7, 11) is 0. The molecule has 0 radical (unpaired) electrons. The summed E-state index contributed by atoms with van der Waals surface area (Å²) in [5.41, 5.74) is 0. The molecule has 0 aromatic heterocycles. The van der Waals surface area contributed by atoms with Gasteiger partial charge in [-0.15, -0.1) is 29.4 Å². The molecule has 0 aromatic rings. The lowest BCUT2D eigenvalue weighted by Gasteiger charge is -2.39. The molecule has 0 rings (SSSR count).